The van der Waals surface area contributed by atoms with E-state index in [1.165, 1.54) is 11.3 Å². The normalized spacial score (nSPS) is 11.7. The van der Waals surface area contributed by atoms with Gasteiger partial charge in [-0.25, -0.2) is 0 Å². The monoisotopic (exact) mass is 312 g/mol. The number of carbonyl (C=O) groups is 3. The Bertz CT molecular complexity index is 473. The van der Waals surface area contributed by atoms with Crippen LogP contribution in [0.15, 0.2) is 17.5 Å². The van der Waals surface area contributed by atoms with Crippen molar-refractivity contribution in [2.45, 2.75) is 26.2 Å². The van der Waals surface area contributed by atoms with Gasteiger partial charge in [-0.1, -0.05) is 19.4 Å². The Balaban J connectivity index is 2.19. The Labute approximate surface area is 127 Å². The third-order valence-electron chi connectivity index (χ3n) is 3.01. The molecule has 0 aromatic carbocycles. The van der Waals surface area contributed by atoms with Crippen LogP contribution < -0.4 is 10.6 Å². The number of carboxylic acids is 1. The molecule has 21 heavy (non-hydrogen) atoms. The topological polar surface area (TPSA) is 95.5 Å². The van der Waals surface area contributed by atoms with Crippen molar-refractivity contribution in [3.8, 4) is 0 Å². The van der Waals surface area contributed by atoms with Crippen LogP contribution in [0.3, 0.4) is 0 Å². The van der Waals surface area contributed by atoms with Gasteiger partial charge in [0.05, 0.1) is 4.88 Å². The van der Waals surface area contributed by atoms with E-state index in [4.69, 9.17) is 5.11 Å². The van der Waals surface area contributed by atoms with Crippen molar-refractivity contribution in [2.75, 3.05) is 13.1 Å². The quantitative estimate of drug-likeness (QED) is 0.643. The summed E-state index contributed by atoms with van der Waals surface area (Å²) >= 11 is 1.34. The second kappa shape index (κ2) is 9.12. The van der Waals surface area contributed by atoms with Crippen LogP contribution in [-0.4, -0.2) is 36.0 Å². The Kier molecular flexibility index (Phi) is 7.45. The van der Waals surface area contributed by atoms with Crippen LogP contribution in [-0.2, 0) is 9.59 Å². The molecule has 0 bridgehead atoms. The van der Waals surface area contributed by atoms with E-state index in [0.29, 0.717) is 17.8 Å². The molecule has 0 fully saturated rings. The predicted molar refractivity (Wildman–Crippen MR) is 80.3 cm³/mol. The second-order valence-electron chi connectivity index (χ2n) is 4.66. The molecule has 1 rings (SSSR count). The van der Waals surface area contributed by atoms with E-state index in [9.17, 15) is 14.4 Å². The minimum atomic E-state index is -0.862. The van der Waals surface area contributed by atoms with Crippen LogP contribution in [0.1, 0.15) is 35.9 Å². The SMILES string of the molecule is CCC(CNC(=O)CCNC(=O)c1cccs1)CC(=O)O. The van der Waals surface area contributed by atoms with Gasteiger partial charge < -0.3 is 15.7 Å². The van der Waals surface area contributed by atoms with Crippen molar-refractivity contribution in [3.63, 3.8) is 0 Å². The number of thiophene rings is 1. The Morgan fingerprint density at radius 1 is 1.33 bits per heavy atom. The molecule has 0 radical (unpaired) electrons. The summed E-state index contributed by atoms with van der Waals surface area (Å²) in [4.78, 5) is 34.5. The fraction of sp³-hybridized carbons (Fsp3) is 0.500. The molecule has 7 heteroatoms. The number of amides is 2. The van der Waals surface area contributed by atoms with Crippen molar-refractivity contribution in [1.82, 2.24) is 10.6 Å². The summed E-state index contributed by atoms with van der Waals surface area (Å²) in [5.74, 6) is -1.30. The third kappa shape index (κ3) is 6.89. The molecule has 0 saturated heterocycles. The van der Waals surface area contributed by atoms with Crippen molar-refractivity contribution >= 4 is 29.1 Å². The molecule has 0 aliphatic rings. The summed E-state index contributed by atoms with van der Waals surface area (Å²) in [7, 11) is 0. The number of nitrogens with one attached hydrogen (secondary N) is 2. The first kappa shape index (κ1) is 17.2. The first-order chi connectivity index (χ1) is 10.0. The van der Waals surface area contributed by atoms with Gasteiger partial charge in [-0.3, -0.25) is 14.4 Å². The Morgan fingerprint density at radius 2 is 2.10 bits per heavy atom. The number of rotatable bonds is 9. The van der Waals surface area contributed by atoms with Crippen LogP contribution in [0.25, 0.3) is 0 Å². The van der Waals surface area contributed by atoms with Crippen LogP contribution in [0, 0.1) is 5.92 Å². The van der Waals surface area contributed by atoms with Crippen LogP contribution >= 0.6 is 11.3 Å². The van der Waals surface area contributed by atoms with Gasteiger partial charge >= 0.3 is 5.97 Å². The summed E-state index contributed by atoms with van der Waals surface area (Å²) in [6, 6.07) is 3.51. The summed E-state index contributed by atoms with van der Waals surface area (Å²) in [5, 5.41) is 15.9. The van der Waals surface area contributed by atoms with E-state index in [1.807, 2.05) is 12.3 Å². The van der Waals surface area contributed by atoms with Gasteiger partial charge in [0.25, 0.3) is 5.91 Å². The number of hydrogen-bond acceptors (Lipinski definition) is 4. The lowest BCUT2D eigenvalue weighted by atomic mass is 10.0. The highest BCUT2D eigenvalue weighted by Crippen LogP contribution is 2.08. The largest absolute Gasteiger partial charge is 0.481 e. The zero-order valence-electron chi connectivity index (χ0n) is 11.9. The second-order valence-corrected chi connectivity index (χ2v) is 5.61. The molecule has 0 aliphatic carbocycles. The summed E-state index contributed by atoms with van der Waals surface area (Å²) in [6.07, 6.45) is 0.925. The van der Waals surface area contributed by atoms with Gasteiger partial charge in [0.15, 0.2) is 0 Å². The maximum absolute atomic E-state index is 11.6. The van der Waals surface area contributed by atoms with Gasteiger partial charge in [0.1, 0.15) is 0 Å². The van der Waals surface area contributed by atoms with Gasteiger partial charge in [0.2, 0.25) is 5.91 Å². The van der Waals surface area contributed by atoms with Gasteiger partial charge in [-0.15, -0.1) is 11.3 Å². The number of carboxylic acid groups (broad SMARTS) is 1. The first-order valence-corrected chi connectivity index (χ1v) is 7.71. The lowest BCUT2D eigenvalue weighted by Gasteiger charge is -2.13. The molecule has 116 valence electrons. The van der Waals surface area contributed by atoms with E-state index in [2.05, 4.69) is 10.6 Å². The maximum Gasteiger partial charge on any atom is 0.303 e. The summed E-state index contributed by atoms with van der Waals surface area (Å²) < 4.78 is 0. The Hall–Kier alpha value is -1.89. The number of carbonyl (C=O) groups excluding carboxylic acids is 2. The third-order valence-corrected chi connectivity index (χ3v) is 3.88. The molecule has 1 aromatic heterocycles. The standard InChI is InChI=1S/C14H20N2O4S/c1-2-10(8-13(18)19)9-16-12(17)5-6-15-14(20)11-4-3-7-21-11/h3-4,7,10H,2,5-6,8-9H2,1H3,(H,15,20)(H,16,17)(H,18,19). The van der Waals surface area contributed by atoms with Crippen molar-refractivity contribution < 1.29 is 19.5 Å². The smallest absolute Gasteiger partial charge is 0.303 e. The van der Waals surface area contributed by atoms with Crippen molar-refractivity contribution in [2.24, 2.45) is 5.92 Å². The molecule has 1 aromatic rings. The molecule has 1 heterocycles. The molecular formula is C14H20N2O4S. The van der Waals surface area contributed by atoms with E-state index < -0.39 is 5.97 Å². The average molecular weight is 312 g/mol. The van der Waals surface area contributed by atoms with E-state index in [0.717, 1.165) is 0 Å². The molecule has 6 nitrogen and oxygen atoms in total. The summed E-state index contributed by atoms with van der Waals surface area (Å²) in [6.45, 7) is 2.50. The molecule has 0 spiro atoms. The van der Waals surface area contributed by atoms with E-state index in [-0.39, 0.29) is 37.1 Å². The lowest BCUT2D eigenvalue weighted by molar-refractivity contribution is -0.138. The minimum absolute atomic E-state index is 0.0475. The van der Waals surface area contributed by atoms with Crippen molar-refractivity contribution in [3.05, 3.63) is 22.4 Å². The molecule has 1 atom stereocenters. The van der Waals surface area contributed by atoms with Gasteiger partial charge in [0, 0.05) is 25.9 Å². The lowest BCUT2D eigenvalue weighted by Crippen LogP contribution is -2.33. The highest BCUT2D eigenvalue weighted by Gasteiger charge is 2.12. The summed E-state index contributed by atoms with van der Waals surface area (Å²) in [5.41, 5.74) is 0. The van der Waals surface area contributed by atoms with E-state index in [1.54, 1.807) is 12.1 Å². The predicted octanol–water partition coefficient (Wildman–Crippen LogP) is 1.49. The zero-order chi connectivity index (χ0) is 15.7. The molecular weight excluding hydrogens is 292 g/mol. The fourth-order valence-electron chi connectivity index (χ4n) is 1.74. The van der Waals surface area contributed by atoms with Gasteiger partial charge in [-0.2, -0.15) is 0 Å². The number of hydrogen-bond donors (Lipinski definition) is 3. The minimum Gasteiger partial charge on any atom is -0.481 e. The Morgan fingerprint density at radius 3 is 2.67 bits per heavy atom. The van der Waals surface area contributed by atoms with Crippen LogP contribution in [0.4, 0.5) is 0 Å². The number of aliphatic carboxylic acids is 1. The van der Waals surface area contributed by atoms with Crippen molar-refractivity contribution in [1.29, 1.82) is 0 Å². The highest BCUT2D eigenvalue weighted by molar-refractivity contribution is 7.12. The average Bonchev–Trinajstić information content (AvgIpc) is 2.97. The van der Waals surface area contributed by atoms with Crippen LogP contribution in [0.2, 0.25) is 0 Å². The molecule has 2 amide bonds. The molecule has 0 aliphatic heterocycles. The zero-order valence-corrected chi connectivity index (χ0v) is 12.7. The molecule has 0 saturated carbocycles. The van der Waals surface area contributed by atoms with Gasteiger partial charge in [-0.05, 0) is 17.4 Å². The molecule has 3 N–H and O–H groups in total. The van der Waals surface area contributed by atoms with Crippen LogP contribution in [0.5, 0.6) is 0 Å². The molecule has 1 unspecified atom stereocenters. The highest BCUT2D eigenvalue weighted by atomic mass is 32.1. The van der Waals surface area contributed by atoms with E-state index >= 15 is 0 Å². The first-order valence-electron chi connectivity index (χ1n) is 6.83. The fourth-order valence-corrected chi connectivity index (χ4v) is 2.38. The maximum atomic E-state index is 11.6.